The Bertz CT molecular complexity index is 995. The molecule has 2 nitrogen and oxygen atoms in total. The van der Waals surface area contributed by atoms with Crippen molar-refractivity contribution in [3.05, 3.63) is 89.5 Å². The van der Waals surface area contributed by atoms with Gasteiger partial charge in [-0.15, -0.1) is 0 Å². The number of hydrogen-bond donors (Lipinski definition) is 0. The minimum atomic E-state index is 0.819. The number of benzene rings is 3. The van der Waals surface area contributed by atoms with E-state index >= 15 is 0 Å². The second-order valence-electron chi connectivity index (χ2n) is 5.90. The molecule has 0 radical (unpaired) electrons. The zero-order valence-corrected chi connectivity index (χ0v) is 13.4. The van der Waals surface area contributed by atoms with Gasteiger partial charge in [-0.2, -0.15) is 0 Å². The number of fused-ring (bicyclic) bond motifs is 1. The molecule has 0 atom stereocenters. The fraction of sp³-hybridized carbons (Fsp3) is 0.0455. The van der Waals surface area contributed by atoms with Crippen molar-refractivity contribution in [1.82, 2.24) is 5.16 Å². The molecular weight excluding hydrogens is 294 g/mol. The molecule has 0 aliphatic rings. The van der Waals surface area contributed by atoms with E-state index in [0.29, 0.717) is 0 Å². The van der Waals surface area contributed by atoms with Crippen molar-refractivity contribution in [1.29, 1.82) is 0 Å². The zero-order chi connectivity index (χ0) is 16.4. The van der Waals surface area contributed by atoms with E-state index in [2.05, 4.69) is 72.8 Å². The molecule has 0 saturated heterocycles. The van der Waals surface area contributed by atoms with Crippen LogP contribution in [0.4, 0.5) is 0 Å². The third-order valence-electron chi connectivity index (χ3n) is 4.08. The smallest absolute Gasteiger partial charge is 0.174 e. The van der Waals surface area contributed by atoms with Gasteiger partial charge in [0.1, 0.15) is 5.52 Å². The van der Waals surface area contributed by atoms with Crippen molar-refractivity contribution < 1.29 is 4.52 Å². The SMILES string of the molecule is Cc1ccc(-c2onc3ccc(C=Cc4ccccc4)cc23)cc1. The van der Waals surface area contributed by atoms with Crippen molar-refractivity contribution >= 4 is 23.1 Å². The Kier molecular flexibility index (Phi) is 3.72. The molecule has 0 saturated carbocycles. The highest BCUT2D eigenvalue weighted by molar-refractivity contribution is 5.93. The standard InChI is InChI=1S/C22H17NO/c1-16-7-12-19(13-8-16)22-20-15-18(11-14-21(20)23-24-22)10-9-17-5-3-2-4-6-17/h2-15H,1H3. The number of nitrogens with zero attached hydrogens (tertiary/aromatic N) is 1. The molecule has 0 fully saturated rings. The average Bonchev–Trinajstić information content (AvgIpc) is 3.05. The molecule has 0 bridgehead atoms. The van der Waals surface area contributed by atoms with Gasteiger partial charge in [-0.25, -0.2) is 0 Å². The Morgan fingerprint density at radius 1 is 0.792 bits per heavy atom. The normalized spacial score (nSPS) is 11.4. The molecule has 24 heavy (non-hydrogen) atoms. The van der Waals surface area contributed by atoms with Gasteiger partial charge in [-0.1, -0.05) is 83.5 Å². The van der Waals surface area contributed by atoms with E-state index in [1.165, 1.54) is 11.1 Å². The van der Waals surface area contributed by atoms with Crippen LogP contribution in [0.5, 0.6) is 0 Å². The molecule has 1 aromatic heterocycles. The van der Waals surface area contributed by atoms with Gasteiger partial charge in [0, 0.05) is 5.56 Å². The van der Waals surface area contributed by atoms with Gasteiger partial charge >= 0.3 is 0 Å². The van der Waals surface area contributed by atoms with E-state index in [1.54, 1.807) is 0 Å². The van der Waals surface area contributed by atoms with E-state index in [-0.39, 0.29) is 0 Å². The van der Waals surface area contributed by atoms with Gasteiger partial charge in [0.2, 0.25) is 0 Å². The topological polar surface area (TPSA) is 26.0 Å². The molecular formula is C22H17NO. The van der Waals surface area contributed by atoms with Crippen molar-refractivity contribution in [2.24, 2.45) is 0 Å². The number of hydrogen-bond acceptors (Lipinski definition) is 2. The summed E-state index contributed by atoms with van der Waals surface area (Å²) in [6.45, 7) is 2.08. The Morgan fingerprint density at radius 2 is 1.54 bits per heavy atom. The van der Waals surface area contributed by atoms with E-state index in [4.69, 9.17) is 4.52 Å². The van der Waals surface area contributed by atoms with Gasteiger partial charge in [0.25, 0.3) is 0 Å². The third-order valence-corrected chi connectivity index (χ3v) is 4.08. The van der Waals surface area contributed by atoms with Gasteiger partial charge in [-0.3, -0.25) is 0 Å². The summed E-state index contributed by atoms with van der Waals surface area (Å²) in [5.74, 6) is 0.819. The van der Waals surface area contributed by atoms with Crippen LogP contribution in [0.15, 0.2) is 77.3 Å². The van der Waals surface area contributed by atoms with E-state index in [1.807, 2.05) is 24.3 Å². The van der Waals surface area contributed by atoms with Gasteiger partial charge in [0.15, 0.2) is 5.76 Å². The van der Waals surface area contributed by atoms with Crippen LogP contribution in [0.2, 0.25) is 0 Å². The van der Waals surface area contributed by atoms with Gasteiger partial charge in [-0.05, 0) is 30.2 Å². The maximum atomic E-state index is 5.58. The lowest BCUT2D eigenvalue weighted by Gasteiger charge is -1.99. The summed E-state index contributed by atoms with van der Waals surface area (Å²) >= 11 is 0. The van der Waals surface area contributed by atoms with Crippen LogP contribution in [0.1, 0.15) is 16.7 Å². The van der Waals surface area contributed by atoms with Crippen LogP contribution in [0.25, 0.3) is 34.4 Å². The first kappa shape index (κ1) is 14.5. The van der Waals surface area contributed by atoms with Gasteiger partial charge < -0.3 is 4.52 Å². The summed E-state index contributed by atoms with van der Waals surface area (Å²) in [6.07, 6.45) is 4.22. The van der Waals surface area contributed by atoms with Crippen molar-refractivity contribution in [3.63, 3.8) is 0 Å². The molecule has 0 spiro atoms. The first-order valence-corrected chi connectivity index (χ1v) is 7.99. The molecule has 1 heterocycles. The summed E-state index contributed by atoms with van der Waals surface area (Å²) in [7, 11) is 0. The highest BCUT2D eigenvalue weighted by atomic mass is 16.5. The Hall–Kier alpha value is -3.13. The second kappa shape index (κ2) is 6.17. The predicted molar refractivity (Wildman–Crippen MR) is 99.6 cm³/mol. The van der Waals surface area contributed by atoms with Crippen LogP contribution in [-0.4, -0.2) is 5.16 Å². The van der Waals surface area contributed by atoms with Crippen LogP contribution in [0.3, 0.4) is 0 Å². The monoisotopic (exact) mass is 311 g/mol. The Balaban J connectivity index is 1.73. The van der Waals surface area contributed by atoms with Crippen LogP contribution < -0.4 is 0 Å². The fourth-order valence-electron chi connectivity index (χ4n) is 2.73. The average molecular weight is 311 g/mol. The summed E-state index contributed by atoms with van der Waals surface area (Å²) in [6, 6.07) is 24.8. The molecule has 4 aromatic rings. The van der Waals surface area contributed by atoms with Gasteiger partial charge in [0.05, 0.1) is 5.39 Å². The minimum absolute atomic E-state index is 0.819. The molecule has 0 N–H and O–H groups in total. The lowest BCUT2D eigenvalue weighted by molar-refractivity contribution is 0.441. The van der Waals surface area contributed by atoms with E-state index < -0.39 is 0 Å². The molecule has 0 aliphatic heterocycles. The molecule has 0 amide bonds. The largest absolute Gasteiger partial charge is 0.355 e. The van der Waals surface area contributed by atoms with E-state index in [9.17, 15) is 0 Å². The highest BCUT2D eigenvalue weighted by Crippen LogP contribution is 2.30. The number of aromatic nitrogens is 1. The minimum Gasteiger partial charge on any atom is -0.355 e. The molecule has 3 aromatic carbocycles. The summed E-state index contributed by atoms with van der Waals surface area (Å²) in [5, 5.41) is 5.21. The van der Waals surface area contributed by atoms with Crippen LogP contribution in [-0.2, 0) is 0 Å². The molecule has 0 aliphatic carbocycles. The third kappa shape index (κ3) is 2.86. The maximum Gasteiger partial charge on any atom is 0.174 e. The first-order valence-electron chi connectivity index (χ1n) is 7.99. The summed E-state index contributed by atoms with van der Waals surface area (Å²) in [4.78, 5) is 0. The quantitative estimate of drug-likeness (QED) is 0.435. The van der Waals surface area contributed by atoms with Crippen LogP contribution >= 0.6 is 0 Å². The molecule has 4 rings (SSSR count). The molecule has 2 heteroatoms. The predicted octanol–water partition coefficient (Wildman–Crippen LogP) is 5.97. The Labute approximate surface area is 141 Å². The van der Waals surface area contributed by atoms with E-state index in [0.717, 1.165) is 27.8 Å². The number of rotatable bonds is 3. The second-order valence-corrected chi connectivity index (χ2v) is 5.90. The zero-order valence-electron chi connectivity index (χ0n) is 13.4. The van der Waals surface area contributed by atoms with Crippen molar-refractivity contribution in [2.45, 2.75) is 6.92 Å². The first-order chi connectivity index (χ1) is 11.8. The molecule has 116 valence electrons. The Morgan fingerprint density at radius 3 is 2.33 bits per heavy atom. The number of aryl methyl sites for hydroxylation is 1. The lowest BCUT2D eigenvalue weighted by Crippen LogP contribution is -1.78. The maximum absolute atomic E-state index is 5.58. The lowest BCUT2D eigenvalue weighted by atomic mass is 10.0. The van der Waals surface area contributed by atoms with Crippen LogP contribution in [0, 0.1) is 6.92 Å². The summed E-state index contributed by atoms with van der Waals surface area (Å²) in [5.41, 5.74) is 5.47. The highest BCUT2D eigenvalue weighted by Gasteiger charge is 2.10. The summed E-state index contributed by atoms with van der Waals surface area (Å²) < 4.78 is 5.58. The van der Waals surface area contributed by atoms with Crippen molar-refractivity contribution in [2.75, 3.05) is 0 Å². The fourth-order valence-corrected chi connectivity index (χ4v) is 2.73. The van der Waals surface area contributed by atoms with Crippen molar-refractivity contribution in [3.8, 4) is 11.3 Å². The molecule has 0 unspecified atom stereocenters.